The molecule has 1 atom stereocenters. The molecule has 5 nitrogen and oxygen atoms in total. The highest BCUT2D eigenvalue weighted by atomic mass is 35.5. The summed E-state index contributed by atoms with van der Waals surface area (Å²) in [6, 6.07) is 5.71. The zero-order valence-electron chi connectivity index (χ0n) is 12.4. The van der Waals surface area contributed by atoms with Crippen molar-refractivity contribution in [3.8, 4) is 5.69 Å². The smallest absolute Gasteiger partial charge is 0.320 e. The van der Waals surface area contributed by atoms with Crippen LogP contribution in [0.5, 0.6) is 0 Å². The lowest BCUT2D eigenvalue weighted by atomic mass is 10.1. The minimum atomic E-state index is -4.53. The van der Waals surface area contributed by atoms with E-state index in [2.05, 4.69) is 10.4 Å². The van der Waals surface area contributed by atoms with Crippen LogP contribution < -0.4 is 11.1 Å². The highest BCUT2D eigenvalue weighted by Crippen LogP contribution is 2.34. The number of alkyl halides is 3. The molecule has 0 unspecified atom stereocenters. The van der Waals surface area contributed by atoms with Gasteiger partial charge in [0.15, 0.2) is 0 Å². The summed E-state index contributed by atoms with van der Waals surface area (Å²) >= 11 is 0. The van der Waals surface area contributed by atoms with Crippen molar-refractivity contribution in [2.24, 2.45) is 5.73 Å². The van der Waals surface area contributed by atoms with Gasteiger partial charge in [-0.05, 0) is 26.0 Å². The molecule has 3 N–H and O–H groups in total. The van der Waals surface area contributed by atoms with E-state index in [1.807, 2.05) is 0 Å². The minimum absolute atomic E-state index is 0. The van der Waals surface area contributed by atoms with Crippen molar-refractivity contribution in [1.82, 2.24) is 9.78 Å². The van der Waals surface area contributed by atoms with Gasteiger partial charge in [-0.1, -0.05) is 12.1 Å². The molecule has 0 aliphatic rings. The van der Waals surface area contributed by atoms with Gasteiger partial charge in [-0.2, -0.15) is 18.3 Å². The Morgan fingerprint density at radius 3 is 2.52 bits per heavy atom. The molecule has 126 valence electrons. The van der Waals surface area contributed by atoms with Gasteiger partial charge in [0, 0.05) is 6.07 Å². The van der Waals surface area contributed by atoms with Crippen molar-refractivity contribution in [3.63, 3.8) is 0 Å². The van der Waals surface area contributed by atoms with Crippen LogP contribution >= 0.6 is 12.4 Å². The molecule has 9 heteroatoms. The Balaban J connectivity index is 0.00000264. The number of anilines is 1. The van der Waals surface area contributed by atoms with Crippen LogP contribution in [-0.4, -0.2) is 21.7 Å². The van der Waals surface area contributed by atoms with Crippen LogP contribution in [0, 0.1) is 6.92 Å². The number of hydrogen-bond acceptors (Lipinski definition) is 3. The van der Waals surface area contributed by atoms with Crippen molar-refractivity contribution in [1.29, 1.82) is 0 Å². The van der Waals surface area contributed by atoms with Crippen LogP contribution in [-0.2, 0) is 11.0 Å². The van der Waals surface area contributed by atoms with Gasteiger partial charge in [-0.25, -0.2) is 4.68 Å². The van der Waals surface area contributed by atoms with Crippen LogP contribution in [0.3, 0.4) is 0 Å². The van der Waals surface area contributed by atoms with E-state index < -0.39 is 23.7 Å². The van der Waals surface area contributed by atoms with Crippen molar-refractivity contribution in [2.75, 3.05) is 5.32 Å². The number of aryl methyl sites for hydroxylation is 1. The molecule has 0 spiro atoms. The third-order valence-corrected chi connectivity index (χ3v) is 2.93. The summed E-state index contributed by atoms with van der Waals surface area (Å²) in [5.41, 5.74) is 4.92. The summed E-state index contributed by atoms with van der Waals surface area (Å²) in [5, 5.41) is 6.51. The van der Waals surface area contributed by atoms with E-state index in [0.717, 1.165) is 10.7 Å². The fourth-order valence-electron chi connectivity index (χ4n) is 1.91. The molecule has 1 aromatic carbocycles. The van der Waals surface area contributed by atoms with Crippen LogP contribution in [0.1, 0.15) is 18.2 Å². The van der Waals surface area contributed by atoms with Gasteiger partial charge in [-0.3, -0.25) is 4.79 Å². The molecular weight excluding hydrogens is 333 g/mol. The van der Waals surface area contributed by atoms with Crippen molar-refractivity contribution in [3.05, 3.63) is 41.6 Å². The number of nitrogens with zero attached hydrogens (tertiary/aromatic N) is 2. The van der Waals surface area contributed by atoms with E-state index in [9.17, 15) is 18.0 Å². The van der Waals surface area contributed by atoms with Gasteiger partial charge in [0.05, 0.1) is 23.0 Å². The maximum atomic E-state index is 13.1. The highest BCUT2D eigenvalue weighted by molar-refractivity contribution is 5.94. The zero-order valence-corrected chi connectivity index (χ0v) is 13.2. The molecule has 1 heterocycles. The maximum absolute atomic E-state index is 13.1. The minimum Gasteiger partial charge on any atom is -0.320 e. The molecule has 0 aliphatic heterocycles. The van der Waals surface area contributed by atoms with E-state index in [4.69, 9.17) is 5.73 Å². The maximum Gasteiger partial charge on any atom is 0.418 e. The molecular formula is C14H16ClF3N4O. The average Bonchev–Trinajstić information content (AvgIpc) is 2.78. The predicted molar refractivity (Wildman–Crippen MR) is 82.8 cm³/mol. The number of rotatable bonds is 3. The number of carbonyl (C=O) groups is 1. The predicted octanol–water partition coefficient (Wildman–Crippen LogP) is 2.91. The number of amides is 1. The molecule has 0 saturated carbocycles. The lowest BCUT2D eigenvalue weighted by Crippen LogP contribution is -2.33. The number of hydrogen-bond donors (Lipinski definition) is 2. The Kier molecular flexibility index (Phi) is 5.79. The highest BCUT2D eigenvalue weighted by Gasteiger charge is 2.34. The fraction of sp³-hybridized carbons (Fsp3) is 0.286. The van der Waals surface area contributed by atoms with Crippen LogP contribution in [0.2, 0.25) is 0 Å². The van der Waals surface area contributed by atoms with Gasteiger partial charge >= 0.3 is 6.18 Å². The van der Waals surface area contributed by atoms with Gasteiger partial charge < -0.3 is 11.1 Å². The van der Waals surface area contributed by atoms with Crippen molar-refractivity contribution < 1.29 is 18.0 Å². The quantitative estimate of drug-likeness (QED) is 0.895. The van der Waals surface area contributed by atoms with Crippen LogP contribution in [0.4, 0.5) is 19.0 Å². The Hall–Kier alpha value is -2.06. The summed E-state index contributed by atoms with van der Waals surface area (Å²) in [6.07, 6.45) is -4.53. The first-order valence-corrected chi connectivity index (χ1v) is 6.50. The molecule has 0 saturated heterocycles. The number of nitrogens with two attached hydrogens (primary N) is 1. The van der Waals surface area contributed by atoms with Crippen molar-refractivity contribution >= 4 is 24.1 Å². The van der Waals surface area contributed by atoms with Crippen LogP contribution in [0.25, 0.3) is 5.69 Å². The summed E-state index contributed by atoms with van der Waals surface area (Å²) in [7, 11) is 0. The third kappa shape index (κ3) is 4.23. The van der Waals surface area contributed by atoms with E-state index in [1.54, 1.807) is 6.92 Å². The Morgan fingerprint density at radius 1 is 1.35 bits per heavy atom. The second-order valence-electron chi connectivity index (χ2n) is 4.88. The molecule has 0 radical (unpaired) electrons. The molecule has 0 bridgehead atoms. The molecule has 23 heavy (non-hydrogen) atoms. The molecule has 0 aliphatic carbocycles. The summed E-state index contributed by atoms with van der Waals surface area (Å²) in [5.74, 6) is -0.373. The summed E-state index contributed by atoms with van der Waals surface area (Å²) in [6.45, 7) is 3.10. The van der Waals surface area contributed by atoms with Gasteiger partial charge in [0.1, 0.15) is 5.82 Å². The van der Waals surface area contributed by atoms with E-state index in [1.165, 1.54) is 31.2 Å². The second kappa shape index (κ2) is 7.01. The lowest BCUT2D eigenvalue weighted by molar-refractivity contribution is -0.137. The summed E-state index contributed by atoms with van der Waals surface area (Å²) < 4.78 is 40.4. The topological polar surface area (TPSA) is 72.9 Å². The Morgan fingerprint density at radius 2 is 1.96 bits per heavy atom. The normalized spacial score (nSPS) is 12.4. The Labute approximate surface area is 137 Å². The number of benzene rings is 1. The number of para-hydroxylation sites is 1. The van der Waals surface area contributed by atoms with Crippen LogP contribution in [0.15, 0.2) is 30.3 Å². The van der Waals surface area contributed by atoms with E-state index >= 15 is 0 Å². The number of nitrogens with one attached hydrogen (secondary N) is 1. The first-order valence-electron chi connectivity index (χ1n) is 6.50. The third-order valence-electron chi connectivity index (χ3n) is 2.93. The second-order valence-corrected chi connectivity index (χ2v) is 4.88. The molecule has 2 aromatic rings. The first kappa shape index (κ1) is 19.0. The number of carbonyl (C=O) groups excluding carboxylic acids is 1. The monoisotopic (exact) mass is 348 g/mol. The van der Waals surface area contributed by atoms with Crippen molar-refractivity contribution in [2.45, 2.75) is 26.1 Å². The molecule has 1 amide bonds. The summed E-state index contributed by atoms with van der Waals surface area (Å²) in [4.78, 5) is 11.7. The fourth-order valence-corrected chi connectivity index (χ4v) is 1.91. The number of aromatic nitrogens is 2. The van der Waals surface area contributed by atoms with Gasteiger partial charge in [-0.15, -0.1) is 12.4 Å². The molecule has 0 fully saturated rings. The number of halogens is 4. The first-order chi connectivity index (χ1) is 10.2. The standard InChI is InChI=1S/C14H15F3N4O.ClH/c1-8-7-12(19-13(22)9(2)18)21(20-8)11-6-4-3-5-10(11)14(15,16)17;/h3-7,9H,18H2,1-2H3,(H,19,22);1H/t9-;/m0./s1. The van der Waals surface area contributed by atoms with Gasteiger partial charge in [0.2, 0.25) is 5.91 Å². The average molecular weight is 349 g/mol. The Bertz CT molecular complexity index is 698. The zero-order chi connectivity index (χ0) is 16.5. The SMILES string of the molecule is Cc1cc(NC(=O)[C@H](C)N)n(-c2ccccc2C(F)(F)F)n1.Cl. The van der Waals surface area contributed by atoms with Gasteiger partial charge in [0.25, 0.3) is 0 Å². The molecule has 1 aromatic heterocycles. The lowest BCUT2D eigenvalue weighted by Gasteiger charge is -2.15. The largest absolute Gasteiger partial charge is 0.418 e. The van der Waals surface area contributed by atoms with E-state index in [0.29, 0.717) is 5.69 Å². The van der Waals surface area contributed by atoms with E-state index in [-0.39, 0.29) is 23.9 Å². The molecule has 2 rings (SSSR count).